The Labute approximate surface area is 79.6 Å². The monoisotopic (exact) mass is 207 g/mol. The zero-order chi connectivity index (χ0) is 10.6. The maximum absolute atomic E-state index is 11.3. The van der Waals surface area contributed by atoms with Crippen LogP contribution in [0.2, 0.25) is 0 Å². The van der Waals surface area contributed by atoms with E-state index in [0.717, 1.165) is 6.26 Å². The quantitative estimate of drug-likeness (QED) is 0.716. The van der Waals surface area contributed by atoms with Gasteiger partial charge in [-0.3, -0.25) is 4.79 Å². The van der Waals surface area contributed by atoms with Crippen molar-refractivity contribution in [1.82, 2.24) is 5.32 Å². The number of nitrogens with one attached hydrogen (secondary N) is 1. The predicted molar refractivity (Wildman–Crippen MR) is 52.2 cm³/mol. The van der Waals surface area contributed by atoms with Crippen molar-refractivity contribution in [2.75, 3.05) is 12.0 Å². The van der Waals surface area contributed by atoms with Gasteiger partial charge in [0.2, 0.25) is 5.91 Å². The molecule has 0 aromatic rings. The summed E-state index contributed by atoms with van der Waals surface area (Å²) >= 11 is 0. The van der Waals surface area contributed by atoms with Crippen LogP contribution in [0.5, 0.6) is 0 Å². The highest BCUT2D eigenvalue weighted by Gasteiger charge is 2.18. The molecule has 1 unspecified atom stereocenters. The topological polar surface area (TPSA) is 63.2 Å². The van der Waals surface area contributed by atoms with Crippen molar-refractivity contribution < 1.29 is 13.2 Å². The van der Waals surface area contributed by atoms with Crippen LogP contribution >= 0.6 is 0 Å². The van der Waals surface area contributed by atoms with E-state index >= 15 is 0 Å². The van der Waals surface area contributed by atoms with E-state index in [0.29, 0.717) is 0 Å². The minimum absolute atomic E-state index is 0.0505. The summed E-state index contributed by atoms with van der Waals surface area (Å²) in [6, 6.07) is 0.0505. The molecular formula is C8H17NO3S. The molecule has 1 atom stereocenters. The molecule has 0 spiro atoms. The van der Waals surface area contributed by atoms with Gasteiger partial charge in [0.15, 0.2) is 0 Å². The SMILES string of the molecule is CC(C)NC(=O)C(C)CS(C)(=O)=O. The van der Waals surface area contributed by atoms with Gasteiger partial charge < -0.3 is 5.32 Å². The van der Waals surface area contributed by atoms with Crippen LogP contribution < -0.4 is 5.32 Å². The highest BCUT2D eigenvalue weighted by molar-refractivity contribution is 7.90. The molecule has 0 saturated carbocycles. The van der Waals surface area contributed by atoms with E-state index < -0.39 is 15.8 Å². The molecule has 0 aliphatic rings. The second-order valence-corrected chi connectivity index (χ2v) is 5.84. The average Bonchev–Trinajstić information content (AvgIpc) is 1.81. The molecule has 13 heavy (non-hydrogen) atoms. The van der Waals surface area contributed by atoms with Crippen LogP contribution in [-0.4, -0.2) is 32.4 Å². The molecule has 78 valence electrons. The molecule has 5 heteroatoms. The van der Waals surface area contributed by atoms with Crippen LogP contribution in [0.15, 0.2) is 0 Å². The maximum atomic E-state index is 11.3. The Morgan fingerprint density at radius 3 is 2.08 bits per heavy atom. The van der Waals surface area contributed by atoms with Crippen LogP contribution in [0.1, 0.15) is 20.8 Å². The number of amides is 1. The molecule has 0 radical (unpaired) electrons. The molecule has 0 fully saturated rings. The third kappa shape index (κ3) is 6.57. The average molecular weight is 207 g/mol. The van der Waals surface area contributed by atoms with Crippen molar-refractivity contribution in [2.45, 2.75) is 26.8 Å². The smallest absolute Gasteiger partial charge is 0.224 e. The van der Waals surface area contributed by atoms with Crippen molar-refractivity contribution in [2.24, 2.45) is 5.92 Å². The zero-order valence-corrected chi connectivity index (χ0v) is 9.31. The van der Waals surface area contributed by atoms with E-state index in [9.17, 15) is 13.2 Å². The number of rotatable bonds is 4. The van der Waals surface area contributed by atoms with Crippen molar-refractivity contribution >= 4 is 15.7 Å². The van der Waals surface area contributed by atoms with Crippen LogP contribution in [0.3, 0.4) is 0 Å². The maximum Gasteiger partial charge on any atom is 0.224 e. The molecule has 0 rings (SSSR count). The first-order chi connectivity index (χ1) is 5.72. The normalized spacial score (nSPS) is 14.2. The number of carbonyl (C=O) groups excluding carboxylic acids is 1. The summed E-state index contributed by atoms with van der Waals surface area (Å²) in [5.74, 6) is -0.774. The van der Waals surface area contributed by atoms with Gasteiger partial charge in [0.1, 0.15) is 9.84 Å². The molecular weight excluding hydrogens is 190 g/mol. The summed E-state index contributed by atoms with van der Waals surface area (Å²) in [5, 5.41) is 2.66. The fourth-order valence-electron chi connectivity index (χ4n) is 0.957. The van der Waals surface area contributed by atoms with Gasteiger partial charge in [-0.2, -0.15) is 0 Å². The van der Waals surface area contributed by atoms with Gasteiger partial charge >= 0.3 is 0 Å². The Balaban J connectivity index is 4.13. The number of carbonyl (C=O) groups is 1. The largest absolute Gasteiger partial charge is 0.354 e. The van der Waals surface area contributed by atoms with Gasteiger partial charge in [-0.1, -0.05) is 6.92 Å². The van der Waals surface area contributed by atoms with Crippen molar-refractivity contribution in [3.05, 3.63) is 0 Å². The molecule has 0 bridgehead atoms. The molecule has 0 saturated heterocycles. The highest BCUT2D eigenvalue weighted by Crippen LogP contribution is 2.00. The second kappa shape index (κ2) is 4.60. The molecule has 1 amide bonds. The molecule has 1 N–H and O–H groups in total. The summed E-state index contributed by atoms with van der Waals surface area (Å²) in [7, 11) is -3.07. The number of hydrogen-bond donors (Lipinski definition) is 1. The lowest BCUT2D eigenvalue weighted by Crippen LogP contribution is -2.37. The lowest BCUT2D eigenvalue weighted by Gasteiger charge is -2.13. The van der Waals surface area contributed by atoms with Crippen molar-refractivity contribution in [1.29, 1.82) is 0 Å². The number of hydrogen-bond acceptors (Lipinski definition) is 3. The van der Waals surface area contributed by atoms with Gasteiger partial charge in [0.05, 0.1) is 5.75 Å². The van der Waals surface area contributed by atoms with Crippen LogP contribution in [0, 0.1) is 5.92 Å². The predicted octanol–water partition coefficient (Wildman–Crippen LogP) is 0.192. The van der Waals surface area contributed by atoms with Crippen LogP contribution in [0.25, 0.3) is 0 Å². The Morgan fingerprint density at radius 2 is 1.77 bits per heavy atom. The van der Waals surface area contributed by atoms with Gasteiger partial charge in [-0.05, 0) is 13.8 Å². The van der Waals surface area contributed by atoms with E-state index in [1.807, 2.05) is 13.8 Å². The summed E-state index contributed by atoms with van der Waals surface area (Å²) < 4.78 is 21.7. The molecule has 0 aliphatic heterocycles. The third-order valence-electron chi connectivity index (χ3n) is 1.43. The minimum Gasteiger partial charge on any atom is -0.354 e. The van der Waals surface area contributed by atoms with Crippen LogP contribution in [-0.2, 0) is 14.6 Å². The van der Waals surface area contributed by atoms with E-state index in [1.165, 1.54) is 0 Å². The molecule has 0 aromatic heterocycles. The summed E-state index contributed by atoms with van der Waals surface area (Å²) in [4.78, 5) is 11.3. The molecule has 4 nitrogen and oxygen atoms in total. The van der Waals surface area contributed by atoms with E-state index in [-0.39, 0.29) is 17.7 Å². The van der Waals surface area contributed by atoms with Gasteiger partial charge in [-0.15, -0.1) is 0 Å². The lowest BCUT2D eigenvalue weighted by atomic mass is 10.2. The van der Waals surface area contributed by atoms with Crippen molar-refractivity contribution in [3.63, 3.8) is 0 Å². The highest BCUT2D eigenvalue weighted by atomic mass is 32.2. The van der Waals surface area contributed by atoms with Gasteiger partial charge in [0.25, 0.3) is 0 Å². The summed E-state index contributed by atoms with van der Waals surface area (Å²) in [5.41, 5.74) is 0. The first kappa shape index (κ1) is 12.4. The Hall–Kier alpha value is -0.580. The first-order valence-electron chi connectivity index (χ1n) is 4.20. The summed E-state index contributed by atoms with van der Waals surface area (Å²) in [6.07, 6.45) is 1.13. The third-order valence-corrected chi connectivity index (χ3v) is 2.54. The van der Waals surface area contributed by atoms with Gasteiger partial charge in [-0.25, -0.2) is 8.42 Å². The fraction of sp³-hybridized carbons (Fsp3) is 0.875. The Bertz CT molecular complexity index is 269. The van der Waals surface area contributed by atoms with E-state index in [2.05, 4.69) is 5.32 Å². The summed E-state index contributed by atoms with van der Waals surface area (Å²) in [6.45, 7) is 5.29. The minimum atomic E-state index is -3.07. The van der Waals surface area contributed by atoms with E-state index in [1.54, 1.807) is 6.92 Å². The molecule has 0 aliphatic carbocycles. The zero-order valence-electron chi connectivity index (χ0n) is 8.49. The molecule has 0 heterocycles. The number of sulfone groups is 1. The van der Waals surface area contributed by atoms with Crippen molar-refractivity contribution in [3.8, 4) is 0 Å². The van der Waals surface area contributed by atoms with Crippen LogP contribution in [0.4, 0.5) is 0 Å². The molecule has 0 aromatic carbocycles. The fourth-order valence-corrected chi connectivity index (χ4v) is 2.02. The Morgan fingerprint density at radius 1 is 1.31 bits per heavy atom. The Kier molecular flexibility index (Phi) is 4.39. The van der Waals surface area contributed by atoms with E-state index in [4.69, 9.17) is 0 Å². The first-order valence-corrected chi connectivity index (χ1v) is 6.26. The standard InChI is InChI=1S/C8H17NO3S/c1-6(2)9-8(10)7(3)5-13(4,11)12/h6-7H,5H2,1-4H3,(H,9,10). The van der Waals surface area contributed by atoms with Gasteiger partial charge in [0, 0.05) is 18.2 Å². The second-order valence-electron chi connectivity index (χ2n) is 3.66. The lowest BCUT2D eigenvalue weighted by molar-refractivity contribution is -0.124.